The zero-order valence-corrected chi connectivity index (χ0v) is 45.3. The fourth-order valence-electron chi connectivity index (χ4n) is 9.64. The summed E-state index contributed by atoms with van der Waals surface area (Å²) >= 11 is 2.90. The molecule has 2 N–H and O–H groups in total. The van der Waals surface area contributed by atoms with Gasteiger partial charge in [0, 0.05) is 29.5 Å². The first kappa shape index (κ1) is 54.7. The molecule has 73 heavy (non-hydrogen) atoms. The predicted molar refractivity (Wildman–Crippen MR) is 297 cm³/mol. The molecule has 1 unspecified atom stereocenters. The number of fused-ring (bicyclic) bond motifs is 1. The second-order valence-electron chi connectivity index (χ2n) is 19.7. The number of carbonyl (C=O) groups is 3. The molecule has 2 amide bonds. The normalized spacial score (nSPS) is 15.0. The van der Waals surface area contributed by atoms with Crippen LogP contribution in [0.5, 0.6) is 5.75 Å². The molecule has 0 bridgehead atoms. The summed E-state index contributed by atoms with van der Waals surface area (Å²) in [5.41, 5.74) is 3.56. The topological polar surface area (TPSA) is 131 Å². The van der Waals surface area contributed by atoms with Gasteiger partial charge in [0.15, 0.2) is 16.4 Å². The molecule has 1 aliphatic rings. The summed E-state index contributed by atoms with van der Waals surface area (Å²) < 4.78 is 41.0. The molecular weight excluding hydrogens is 971 g/mol. The second-order valence-corrected chi connectivity index (χ2v) is 23.8. The Labute approximate surface area is 441 Å². The number of anilines is 2. The van der Waals surface area contributed by atoms with Gasteiger partial charge in [-0.2, -0.15) is 0 Å². The number of benzene rings is 6. The quantitative estimate of drug-likeness (QED) is 0.0385. The van der Waals surface area contributed by atoms with Gasteiger partial charge in [-0.3, -0.25) is 9.59 Å². The van der Waals surface area contributed by atoms with Gasteiger partial charge in [0.2, 0.25) is 5.91 Å². The lowest BCUT2D eigenvalue weighted by Gasteiger charge is -2.37. The maximum atomic E-state index is 14.8. The van der Waals surface area contributed by atoms with Crippen molar-refractivity contribution in [3.05, 3.63) is 186 Å². The van der Waals surface area contributed by atoms with Gasteiger partial charge >= 0.3 is 5.97 Å². The van der Waals surface area contributed by atoms with Crippen LogP contribution >= 0.6 is 23.5 Å². The number of esters is 1. The monoisotopic (exact) mass is 1040 g/mol. The number of nitrogens with one attached hydrogen (secondary N) is 2. The van der Waals surface area contributed by atoms with Crippen LogP contribution in [0.4, 0.5) is 11.4 Å². The maximum absolute atomic E-state index is 14.8. The van der Waals surface area contributed by atoms with Gasteiger partial charge in [-0.25, -0.2) is 13.2 Å². The van der Waals surface area contributed by atoms with E-state index in [4.69, 9.17) is 9.47 Å². The first-order valence-corrected chi connectivity index (χ1v) is 29.1. The number of sulfone groups is 1. The Bertz CT molecular complexity index is 2760. The summed E-state index contributed by atoms with van der Waals surface area (Å²) in [7, 11) is -3.86. The molecule has 1 heterocycles. The van der Waals surface area contributed by atoms with E-state index in [2.05, 4.69) is 65.8 Å². The van der Waals surface area contributed by atoms with Crippen LogP contribution in [0.15, 0.2) is 174 Å². The van der Waals surface area contributed by atoms with Crippen LogP contribution in [0, 0.1) is 5.41 Å². The molecule has 10 nitrogen and oxygen atoms in total. The number of amides is 2. The van der Waals surface area contributed by atoms with Crippen molar-refractivity contribution in [2.45, 2.75) is 105 Å². The van der Waals surface area contributed by atoms with Crippen LogP contribution in [-0.2, 0) is 33.7 Å². The third-order valence-electron chi connectivity index (χ3n) is 13.1. The van der Waals surface area contributed by atoms with E-state index >= 15 is 0 Å². The van der Waals surface area contributed by atoms with Gasteiger partial charge < -0.3 is 25.0 Å². The Hall–Kier alpha value is -6.02. The van der Waals surface area contributed by atoms with E-state index in [1.165, 1.54) is 23.5 Å². The van der Waals surface area contributed by atoms with Gasteiger partial charge in [0.1, 0.15) is 23.4 Å². The van der Waals surface area contributed by atoms with Gasteiger partial charge in [-0.15, -0.1) is 23.5 Å². The van der Waals surface area contributed by atoms with Crippen molar-refractivity contribution in [2.24, 2.45) is 5.41 Å². The number of ether oxygens (including phenoxy) is 2. The van der Waals surface area contributed by atoms with Crippen LogP contribution in [0.3, 0.4) is 0 Å². The third kappa shape index (κ3) is 13.6. The first-order valence-electron chi connectivity index (χ1n) is 25.2. The third-order valence-corrected chi connectivity index (χ3v) is 17.5. The smallest absolute Gasteiger partial charge is 0.330 e. The molecule has 1 aliphatic heterocycles. The number of thioether (sulfide) groups is 2. The molecule has 6 aromatic rings. The number of unbranched alkanes of at least 4 members (excludes halogenated alkanes) is 2. The highest BCUT2D eigenvalue weighted by Gasteiger charge is 2.43. The number of para-hydroxylation sites is 1. The Morgan fingerprint density at radius 1 is 0.712 bits per heavy atom. The largest absolute Gasteiger partial charge is 0.483 e. The number of rotatable bonds is 22. The zero-order valence-electron chi connectivity index (χ0n) is 42.8. The lowest BCUT2D eigenvalue weighted by molar-refractivity contribution is -0.158. The van der Waals surface area contributed by atoms with E-state index < -0.39 is 62.1 Å². The number of hydrogen-bond acceptors (Lipinski definition) is 10. The fraction of sp³-hybridized carbons (Fsp3) is 0.350. The molecule has 0 spiro atoms. The predicted octanol–water partition coefficient (Wildman–Crippen LogP) is 12.5. The van der Waals surface area contributed by atoms with E-state index in [0.29, 0.717) is 22.7 Å². The highest BCUT2D eigenvalue weighted by atomic mass is 32.2. The molecule has 0 aliphatic carbocycles. The Morgan fingerprint density at radius 3 is 1.71 bits per heavy atom. The molecular formula is C60H69N3O7S3. The van der Waals surface area contributed by atoms with Gasteiger partial charge in [-0.05, 0) is 80.3 Å². The van der Waals surface area contributed by atoms with Crippen LogP contribution in [0.25, 0.3) is 0 Å². The van der Waals surface area contributed by atoms with Gasteiger partial charge in [0.05, 0.1) is 26.0 Å². The molecule has 0 saturated carbocycles. The molecule has 6 aromatic carbocycles. The van der Waals surface area contributed by atoms with E-state index in [9.17, 15) is 22.8 Å². The maximum Gasteiger partial charge on any atom is 0.330 e. The van der Waals surface area contributed by atoms with Crippen LogP contribution in [0.2, 0.25) is 0 Å². The molecule has 0 radical (unpaired) electrons. The van der Waals surface area contributed by atoms with Crippen LogP contribution in [0.1, 0.15) is 101 Å². The van der Waals surface area contributed by atoms with E-state index in [1.54, 1.807) is 51.1 Å². The summed E-state index contributed by atoms with van der Waals surface area (Å²) in [6, 6.07) is 50.0. The fourth-order valence-corrected chi connectivity index (χ4v) is 13.9. The summed E-state index contributed by atoms with van der Waals surface area (Å²) in [5.74, 6) is -1.54. The molecule has 0 fully saturated rings. The first-order chi connectivity index (χ1) is 35.1. The lowest BCUT2D eigenvalue weighted by Crippen LogP contribution is -2.51. The average Bonchev–Trinajstić information content (AvgIpc) is 3.49. The van der Waals surface area contributed by atoms with Crippen molar-refractivity contribution >= 4 is 62.5 Å². The molecule has 13 heteroatoms. The average molecular weight is 1040 g/mol. The van der Waals surface area contributed by atoms with Crippen molar-refractivity contribution in [1.29, 1.82) is 0 Å². The SMILES string of the molecule is CCCCC1(CCCC)CN(c2ccccc2)c2cc(SC)c(OCC(=O)NC(C(=O)N[C@@H](CSC(c3ccccc3)(c3ccccc3)c3ccccc3)C(=O)OC(C)(C)C)c3ccccc3)cc2S(=O)(=O)C1. The van der Waals surface area contributed by atoms with Crippen LogP contribution in [-0.4, -0.2) is 68.8 Å². The summed E-state index contributed by atoms with van der Waals surface area (Å²) in [6.45, 7) is 9.63. The minimum Gasteiger partial charge on any atom is -0.483 e. The minimum atomic E-state index is -3.86. The Kier molecular flexibility index (Phi) is 18.6. The summed E-state index contributed by atoms with van der Waals surface area (Å²) in [4.78, 5) is 46.3. The highest BCUT2D eigenvalue weighted by molar-refractivity contribution is 8.00. The van der Waals surface area contributed by atoms with Crippen molar-refractivity contribution in [3.8, 4) is 5.75 Å². The minimum absolute atomic E-state index is 0.00269. The van der Waals surface area contributed by atoms with Gasteiger partial charge in [-0.1, -0.05) is 179 Å². The van der Waals surface area contributed by atoms with E-state index in [0.717, 1.165) is 60.9 Å². The number of hydrogen-bond donors (Lipinski definition) is 2. The van der Waals surface area contributed by atoms with Gasteiger partial charge in [0.25, 0.3) is 5.91 Å². The summed E-state index contributed by atoms with van der Waals surface area (Å²) in [6.07, 6.45) is 7.19. The zero-order chi connectivity index (χ0) is 52.1. The van der Waals surface area contributed by atoms with E-state index in [-0.39, 0.29) is 22.2 Å². The molecule has 7 rings (SSSR count). The summed E-state index contributed by atoms with van der Waals surface area (Å²) in [5, 5.41) is 5.88. The van der Waals surface area contributed by atoms with Crippen molar-refractivity contribution in [3.63, 3.8) is 0 Å². The number of nitrogens with zero attached hydrogens (tertiary/aromatic N) is 1. The van der Waals surface area contributed by atoms with Crippen molar-refractivity contribution in [1.82, 2.24) is 10.6 Å². The standard InChI is InChI=1S/C60H69N3O7S3/c1-7-9-36-59(37-10-8-2)42-63(48-34-24-15-25-35-48)50-38-52(71-6)51(39-53(50)73(67,68)43-59)69-40-54(64)62-55(44-26-16-11-17-27-44)56(65)61-49(57(66)70-58(3,4)5)41-72-60(45-28-18-12-19-29-45,46-30-20-13-21-31-46)47-32-22-14-23-33-47/h11-35,38-39,49,55H,7-10,36-37,40-43H2,1-6H3,(H,61,65)(H,62,64)/t49-,55?/m0/s1. The second kappa shape index (κ2) is 24.8. The van der Waals surface area contributed by atoms with Crippen LogP contribution < -0.4 is 20.3 Å². The molecule has 384 valence electrons. The lowest BCUT2D eigenvalue weighted by atomic mass is 9.79. The molecule has 0 aromatic heterocycles. The molecule has 2 atom stereocenters. The number of carbonyl (C=O) groups excluding carboxylic acids is 3. The molecule has 0 saturated heterocycles. The Morgan fingerprint density at radius 2 is 1.22 bits per heavy atom. The highest BCUT2D eigenvalue weighted by Crippen LogP contribution is 2.50. The van der Waals surface area contributed by atoms with Crippen molar-refractivity contribution in [2.75, 3.05) is 35.8 Å². The van der Waals surface area contributed by atoms with E-state index in [1.807, 2.05) is 103 Å². The van der Waals surface area contributed by atoms with Crippen molar-refractivity contribution < 1.29 is 32.3 Å². The Balaban J connectivity index is 1.18.